The Kier molecular flexibility index (Phi) is 7.61. The lowest BCUT2D eigenvalue weighted by atomic mass is 9.87. The number of rotatable bonds is 10. The first-order valence-corrected chi connectivity index (χ1v) is 11.3. The maximum Gasteiger partial charge on any atom is 0.215 e. The quantitative estimate of drug-likeness (QED) is 0.430. The number of likely N-dealkylation sites (tertiary alicyclic amines) is 1. The van der Waals surface area contributed by atoms with Crippen molar-refractivity contribution in [3.63, 3.8) is 0 Å². The van der Waals surface area contributed by atoms with Crippen LogP contribution in [0.4, 0.5) is 5.82 Å². The number of pyridine rings is 1. The molecule has 0 radical (unpaired) electrons. The maximum absolute atomic E-state index is 5.90. The number of methoxy groups -OCH3 is 1. The van der Waals surface area contributed by atoms with Gasteiger partial charge in [-0.15, -0.1) is 0 Å². The van der Waals surface area contributed by atoms with E-state index >= 15 is 0 Å². The van der Waals surface area contributed by atoms with Gasteiger partial charge in [0.25, 0.3) is 0 Å². The van der Waals surface area contributed by atoms with Gasteiger partial charge >= 0.3 is 0 Å². The summed E-state index contributed by atoms with van der Waals surface area (Å²) in [5.74, 6) is 3.07. The van der Waals surface area contributed by atoms with Crippen LogP contribution in [0.3, 0.4) is 0 Å². The summed E-state index contributed by atoms with van der Waals surface area (Å²) < 4.78 is 11.1. The van der Waals surface area contributed by atoms with Gasteiger partial charge in [0.2, 0.25) is 5.88 Å². The molecular weight excluding hydrogens is 386 g/mol. The lowest BCUT2D eigenvalue weighted by Crippen LogP contribution is -2.36. The van der Waals surface area contributed by atoms with E-state index in [0.29, 0.717) is 24.9 Å². The highest BCUT2D eigenvalue weighted by Crippen LogP contribution is 2.27. The summed E-state index contributed by atoms with van der Waals surface area (Å²) in [5.41, 5.74) is 2.80. The standard InChI is InChI=1S/C26H33N3O2/c1-30-24-13-11-21(12-14-24)19-27-25-9-6-10-26(28-25)31-18-5-4-16-29-17-15-22-7-2-3-8-23(22)20-29/h2,6-14,22H,3-5,15-20H2,1H3,(H,27,28). The van der Waals surface area contributed by atoms with Crippen LogP contribution in [-0.2, 0) is 6.54 Å². The van der Waals surface area contributed by atoms with Crippen LogP contribution < -0.4 is 14.8 Å². The number of unbranched alkanes of at least 4 members (excludes halogenated alkanes) is 1. The third-order valence-electron chi connectivity index (χ3n) is 6.00. The van der Waals surface area contributed by atoms with Crippen molar-refractivity contribution in [1.29, 1.82) is 0 Å². The molecule has 1 N–H and O–H groups in total. The largest absolute Gasteiger partial charge is 0.497 e. The fraction of sp³-hybridized carbons (Fsp3) is 0.423. The summed E-state index contributed by atoms with van der Waals surface area (Å²) in [5, 5.41) is 3.36. The third kappa shape index (κ3) is 6.34. The van der Waals surface area contributed by atoms with Gasteiger partial charge in [0.15, 0.2) is 0 Å². The molecule has 1 unspecified atom stereocenters. The fourth-order valence-corrected chi connectivity index (χ4v) is 4.19. The minimum Gasteiger partial charge on any atom is -0.497 e. The Morgan fingerprint density at radius 3 is 2.90 bits per heavy atom. The molecule has 0 bridgehead atoms. The Balaban J connectivity index is 1.14. The smallest absolute Gasteiger partial charge is 0.215 e. The van der Waals surface area contributed by atoms with E-state index in [0.717, 1.165) is 43.9 Å². The number of anilines is 1. The van der Waals surface area contributed by atoms with Crippen LogP contribution in [0.25, 0.3) is 0 Å². The zero-order valence-electron chi connectivity index (χ0n) is 18.4. The Hall–Kier alpha value is -2.79. The number of hydrogen-bond donors (Lipinski definition) is 1. The molecule has 4 rings (SSSR count). The number of hydrogen-bond acceptors (Lipinski definition) is 5. The second kappa shape index (κ2) is 11.0. The van der Waals surface area contributed by atoms with Gasteiger partial charge in [-0.05, 0) is 62.5 Å². The fourth-order valence-electron chi connectivity index (χ4n) is 4.19. The van der Waals surface area contributed by atoms with Crippen molar-refractivity contribution < 1.29 is 9.47 Å². The molecule has 2 aliphatic rings. The van der Waals surface area contributed by atoms with Gasteiger partial charge in [0, 0.05) is 25.1 Å². The van der Waals surface area contributed by atoms with Gasteiger partial charge in [-0.2, -0.15) is 4.98 Å². The van der Waals surface area contributed by atoms with Crippen LogP contribution in [0, 0.1) is 5.92 Å². The monoisotopic (exact) mass is 419 g/mol. The van der Waals surface area contributed by atoms with Crippen molar-refractivity contribution in [2.75, 3.05) is 38.7 Å². The molecule has 2 aromatic rings. The zero-order chi connectivity index (χ0) is 21.3. The summed E-state index contributed by atoms with van der Waals surface area (Å²) in [6.45, 7) is 4.91. The highest BCUT2D eigenvalue weighted by molar-refractivity contribution is 5.38. The molecule has 1 aromatic carbocycles. The van der Waals surface area contributed by atoms with Crippen molar-refractivity contribution in [2.24, 2.45) is 5.92 Å². The third-order valence-corrected chi connectivity index (χ3v) is 6.00. The van der Waals surface area contributed by atoms with Crippen LogP contribution in [0.2, 0.25) is 0 Å². The van der Waals surface area contributed by atoms with Gasteiger partial charge in [-0.1, -0.05) is 42.0 Å². The van der Waals surface area contributed by atoms with Crippen molar-refractivity contribution in [2.45, 2.75) is 32.2 Å². The minimum absolute atomic E-state index is 0.680. The Labute approximate surface area is 185 Å². The molecule has 5 heteroatoms. The summed E-state index contributed by atoms with van der Waals surface area (Å²) in [6.07, 6.45) is 11.7. The Morgan fingerprint density at radius 1 is 1.13 bits per heavy atom. The summed E-state index contributed by atoms with van der Waals surface area (Å²) >= 11 is 0. The van der Waals surface area contributed by atoms with Gasteiger partial charge in [-0.25, -0.2) is 0 Å². The second-order valence-electron chi connectivity index (χ2n) is 8.23. The van der Waals surface area contributed by atoms with Crippen molar-refractivity contribution in [1.82, 2.24) is 9.88 Å². The molecule has 0 spiro atoms. The number of nitrogens with zero attached hydrogens (tertiary/aromatic N) is 2. The van der Waals surface area contributed by atoms with Crippen molar-refractivity contribution in [3.05, 3.63) is 71.8 Å². The van der Waals surface area contributed by atoms with E-state index in [2.05, 4.69) is 45.6 Å². The summed E-state index contributed by atoms with van der Waals surface area (Å²) in [6, 6.07) is 13.9. The molecule has 1 saturated heterocycles. The SMILES string of the molecule is COc1ccc(CNc2cccc(OCCCCN3CCC4C=CCC=C4C3)n2)cc1. The predicted molar refractivity (Wildman–Crippen MR) is 126 cm³/mol. The van der Waals surface area contributed by atoms with Crippen molar-refractivity contribution in [3.8, 4) is 11.6 Å². The zero-order valence-corrected chi connectivity index (χ0v) is 18.4. The average molecular weight is 420 g/mol. The highest BCUT2D eigenvalue weighted by Gasteiger charge is 2.22. The molecule has 1 fully saturated rings. The molecule has 0 amide bonds. The number of ether oxygens (including phenoxy) is 2. The van der Waals surface area contributed by atoms with Gasteiger partial charge in [0.05, 0.1) is 13.7 Å². The van der Waals surface area contributed by atoms with Gasteiger partial charge in [0.1, 0.15) is 11.6 Å². The van der Waals surface area contributed by atoms with E-state index in [4.69, 9.17) is 9.47 Å². The van der Waals surface area contributed by atoms with E-state index < -0.39 is 0 Å². The predicted octanol–water partition coefficient (Wildman–Crippen LogP) is 5.07. The normalized spacial score (nSPS) is 18.2. The number of allylic oxidation sites excluding steroid dienone is 3. The van der Waals surface area contributed by atoms with Gasteiger partial charge in [-0.3, -0.25) is 4.90 Å². The van der Waals surface area contributed by atoms with Crippen LogP contribution in [-0.4, -0.2) is 43.2 Å². The molecular formula is C26H33N3O2. The molecule has 2 heterocycles. The molecule has 5 nitrogen and oxygen atoms in total. The van der Waals surface area contributed by atoms with E-state index in [1.165, 1.54) is 18.5 Å². The molecule has 1 aliphatic carbocycles. The molecule has 1 atom stereocenters. The molecule has 31 heavy (non-hydrogen) atoms. The summed E-state index contributed by atoms with van der Waals surface area (Å²) in [7, 11) is 1.68. The lowest BCUT2D eigenvalue weighted by molar-refractivity contribution is 0.229. The Bertz CT molecular complexity index is 892. The topological polar surface area (TPSA) is 46.6 Å². The number of fused-ring (bicyclic) bond motifs is 1. The lowest BCUT2D eigenvalue weighted by Gasteiger charge is -2.34. The van der Waals surface area contributed by atoms with Crippen molar-refractivity contribution >= 4 is 5.82 Å². The number of aromatic nitrogens is 1. The van der Waals surface area contributed by atoms with Crippen LogP contribution in [0.1, 0.15) is 31.2 Å². The Morgan fingerprint density at radius 2 is 2.03 bits per heavy atom. The number of nitrogens with one attached hydrogen (secondary N) is 1. The van der Waals surface area contributed by atoms with Crippen LogP contribution in [0.5, 0.6) is 11.6 Å². The number of piperidine rings is 1. The molecule has 164 valence electrons. The maximum atomic E-state index is 5.90. The first-order valence-electron chi connectivity index (χ1n) is 11.3. The average Bonchev–Trinajstić information content (AvgIpc) is 2.83. The first kappa shape index (κ1) is 21.4. The summed E-state index contributed by atoms with van der Waals surface area (Å²) in [4.78, 5) is 7.16. The first-order chi connectivity index (χ1) is 15.3. The van der Waals surface area contributed by atoms with Crippen LogP contribution >= 0.6 is 0 Å². The van der Waals surface area contributed by atoms with Crippen LogP contribution in [0.15, 0.2) is 66.3 Å². The van der Waals surface area contributed by atoms with E-state index in [-0.39, 0.29) is 0 Å². The van der Waals surface area contributed by atoms with E-state index in [1.54, 1.807) is 12.7 Å². The highest BCUT2D eigenvalue weighted by atomic mass is 16.5. The van der Waals surface area contributed by atoms with E-state index in [9.17, 15) is 0 Å². The molecule has 1 aromatic heterocycles. The minimum atomic E-state index is 0.680. The molecule has 1 aliphatic heterocycles. The van der Waals surface area contributed by atoms with E-state index in [1.807, 2.05) is 30.3 Å². The second-order valence-corrected chi connectivity index (χ2v) is 8.23. The van der Waals surface area contributed by atoms with Gasteiger partial charge < -0.3 is 14.8 Å². The molecule has 0 saturated carbocycles. The number of benzene rings is 1.